The van der Waals surface area contributed by atoms with E-state index in [1.165, 1.54) is 14.0 Å². The van der Waals surface area contributed by atoms with Gasteiger partial charge in [-0.15, -0.1) is 0 Å². The molecule has 0 saturated heterocycles. The van der Waals surface area contributed by atoms with Crippen molar-refractivity contribution >= 4 is 15.9 Å². The van der Waals surface area contributed by atoms with Gasteiger partial charge in [0.05, 0.1) is 17.7 Å². The summed E-state index contributed by atoms with van der Waals surface area (Å²) in [4.78, 5) is 0. The molecule has 14 heavy (non-hydrogen) atoms. The number of hydrogen-bond acceptors (Lipinski definition) is 3. The molecule has 0 heterocycles. The molecule has 1 rings (SSSR count). The van der Waals surface area contributed by atoms with E-state index in [1.807, 2.05) is 0 Å². The standard InChI is InChI=1S/C9H10BrFO3/c1-4(12)7-5(11)3-6(13)9(14-2)8(7)10/h3-4,12-13H,1-2H3. The monoisotopic (exact) mass is 264 g/mol. The molecule has 1 aromatic rings. The number of rotatable bonds is 2. The lowest BCUT2D eigenvalue weighted by molar-refractivity contribution is 0.192. The van der Waals surface area contributed by atoms with Crippen molar-refractivity contribution in [1.29, 1.82) is 0 Å². The van der Waals surface area contributed by atoms with Gasteiger partial charge in [-0.3, -0.25) is 0 Å². The van der Waals surface area contributed by atoms with E-state index >= 15 is 0 Å². The van der Waals surface area contributed by atoms with Crippen molar-refractivity contribution in [3.05, 3.63) is 21.9 Å². The number of phenolic OH excluding ortho intramolecular Hbond substituents is 1. The summed E-state index contributed by atoms with van der Waals surface area (Å²) in [6.07, 6.45) is -0.973. The Balaban J connectivity index is 3.44. The van der Waals surface area contributed by atoms with E-state index in [4.69, 9.17) is 4.74 Å². The molecule has 2 N–H and O–H groups in total. The number of ether oxygens (including phenoxy) is 1. The van der Waals surface area contributed by atoms with E-state index in [9.17, 15) is 14.6 Å². The lowest BCUT2D eigenvalue weighted by atomic mass is 10.1. The summed E-state index contributed by atoms with van der Waals surface area (Å²) in [5.74, 6) is -0.867. The topological polar surface area (TPSA) is 49.7 Å². The molecule has 0 bridgehead atoms. The van der Waals surface area contributed by atoms with Gasteiger partial charge in [0.15, 0.2) is 11.5 Å². The van der Waals surface area contributed by atoms with Crippen molar-refractivity contribution < 1.29 is 19.3 Å². The first-order valence-corrected chi connectivity index (χ1v) is 4.71. The van der Waals surface area contributed by atoms with E-state index in [2.05, 4.69) is 15.9 Å². The molecule has 0 aromatic heterocycles. The number of benzene rings is 1. The molecule has 1 unspecified atom stereocenters. The van der Waals surface area contributed by atoms with E-state index in [1.54, 1.807) is 0 Å². The third-order valence-electron chi connectivity index (χ3n) is 1.81. The van der Waals surface area contributed by atoms with Gasteiger partial charge >= 0.3 is 0 Å². The molecule has 0 aliphatic heterocycles. The minimum atomic E-state index is -0.973. The van der Waals surface area contributed by atoms with Gasteiger partial charge in [-0.2, -0.15) is 0 Å². The highest BCUT2D eigenvalue weighted by Crippen LogP contribution is 2.40. The molecule has 0 amide bonds. The maximum absolute atomic E-state index is 13.3. The molecule has 0 aliphatic rings. The van der Waals surface area contributed by atoms with Gasteiger partial charge in [-0.25, -0.2) is 4.39 Å². The summed E-state index contributed by atoms with van der Waals surface area (Å²) >= 11 is 3.06. The van der Waals surface area contributed by atoms with Gasteiger partial charge < -0.3 is 14.9 Å². The van der Waals surface area contributed by atoms with Crippen molar-refractivity contribution in [2.24, 2.45) is 0 Å². The summed E-state index contributed by atoms with van der Waals surface area (Å²) < 4.78 is 18.3. The molecule has 5 heteroatoms. The van der Waals surface area contributed by atoms with Crippen LogP contribution in [0.25, 0.3) is 0 Å². The van der Waals surface area contributed by atoms with Crippen LogP contribution in [0, 0.1) is 5.82 Å². The smallest absolute Gasteiger partial charge is 0.175 e. The molecular weight excluding hydrogens is 255 g/mol. The lowest BCUT2D eigenvalue weighted by Gasteiger charge is -2.13. The van der Waals surface area contributed by atoms with Crippen LogP contribution in [0.4, 0.5) is 4.39 Å². The van der Waals surface area contributed by atoms with Crippen molar-refractivity contribution in [2.75, 3.05) is 7.11 Å². The Kier molecular flexibility index (Phi) is 3.34. The molecule has 3 nitrogen and oxygen atoms in total. The minimum Gasteiger partial charge on any atom is -0.504 e. The SMILES string of the molecule is COc1c(O)cc(F)c(C(C)O)c1Br. The fraction of sp³-hybridized carbons (Fsp3) is 0.333. The van der Waals surface area contributed by atoms with Crippen LogP contribution in [0.5, 0.6) is 11.5 Å². The average molecular weight is 265 g/mol. The predicted octanol–water partition coefficient (Wildman–Crippen LogP) is 2.36. The van der Waals surface area contributed by atoms with E-state index < -0.39 is 11.9 Å². The lowest BCUT2D eigenvalue weighted by Crippen LogP contribution is -1.99. The fourth-order valence-electron chi connectivity index (χ4n) is 1.18. The maximum Gasteiger partial charge on any atom is 0.175 e. The highest BCUT2D eigenvalue weighted by molar-refractivity contribution is 9.10. The van der Waals surface area contributed by atoms with Crippen molar-refractivity contribution in [3.63, 3.8) is 0 Å². The Hall–Kier alpha value is -0.810. The number of phenols is 1. The number of aliphatic hydroxyl groups excluding tert-OH is 1. The summed E-state index contributed by atoms with van der Waals surface area (Å²) in [6, 6.07) is 0.908. The summed E-state index contributed by atoms with van der Waals surface area (Å²) in [7, 11) is 1.35. The van der Waals surface area contributed by atoms with Crippen LogP contribution in [0.1, 0.15) is 18.6 Å². The van der Waals surface area contributed by atoms with Crippen LogP contribution >= 0.6 is 15.9 Å². The maximum atomic E-state index is 13.3. The van der Waals surface area contributed by atoms with Crippen molar-refractivity contribution in [1.82, 2.24) is 0 Å². The molecule has 0 spiro atoms. The van der Waals surface area contributed by atoms with Crippen molar-refractivity contribution in [3.8, 4) is 11.5 Å². The highest BCUT2D eigenvalue weighted by Gasteiger charge is 2.19. The molecule has 0 saturated carbocycles. The van der Waals surface area contributed by atoms with Crippen LogP contribution in [-0.2, 0) is 0 Å². The zero-order valence-electron chi connectivity index (χ0n) is 7.71. The highest BCUT2D eigenvalue weighted by atomic mass is 79.9. The fourth-order valence-corrected chi connectivity index (χ4v) is 2.07. The third-order valence-corrected chi connectivity index (χ3v) is 2.60. The second-order valence-corrected chi connectivity index (χ2v) is 3.61. The van der Waals surface area contributed by atoms with Crippen LogP contribution in [0.2, 0.25) is 0 Å². The van der Waals surface area contributed by atoms with E-state index in [0.717, 1.165) is 6.07 Å². The molecule has 0 aliphatic carbocycles. The van der Waals surface area contributed by atoms with E-state index in [-0.39, 0.29) is 21.5 Å². The average Bonchev–Trinajstić information content (AvgIpc) is 2.02. The Morgan fingerprint density at radius 3 is 2.57 bits per heavy atom. The van der Waals surface area contributed by atoms with Crippen LogP contribution < -0.4 is 4.74 Å². The minimum absolute atomic E-state index is 0.0691. The molecule has 1 aromatic carbocycles. The summed E-state index contributed by atoms with van der Waals surface area (Å²) in [6.45, 7) is 1.43. The molecule has 1 atom stereocenters. The first kappa shape index (κ1) is 11.3. The van der Waals surface area contributed by atoms with E-state index in [0.29, 0.717) is 0 Å². The van der Waals surface area contributed by atoms with Crippen LogP contribution in [0.3, 0.4) is 0 Å². The van der Waals surface area contributed by atoms with Crippen LogP contribution in [0.15, 0.2) is 10.5 Å². The Labute approximate surface area is 89.3 Å². The quantitative estimate of drug-likeness (QED) is 0.862. The second kappa shape index (κ2) is 4.14. The van der Waals surface area contributed by atoms with Gasteiger partial charge in [0, 0.05) is 11.6 Å². The van der Waals surface area contributed by atoms with Gasteiger partial charge in [-0.1, -0.05) is 0 Å². The van der Waals surface area contributed by atoms with Gasteiger partial charge in [0.25, 0.3) is 0 Å². The summed E-state index contributed by atoms with van der Waals surface area (Å²) in [5.41, 5.74) is 0.0691. The zero-order valence-corrected chi connectivity index (χ0v) is 9.30. The first-order valence-electron chi connectivity index (χ1n) is 3.92. The number of methoxy groups -OCH3 is 1. The Morgan fingerprint density at radius 2 is 2.14 bits per heavy atom. The van der Waals surface area contributed by atoms with Crippen LogP contribution in [-0.4, -0.2) is 17.3 Å². The number of hydrogen-bond donors (Lipinski definition) is 2. The third kappa shape index (κ3) is 1.83. The Bertz CT molecular complexity index is 352. The first-order chi connectivity index (χ1) is 6.49. The largest absolute Gasteiger partial charge is 0.504 e. The normalized spacial score (nSPS) is 12.6. The second-order valence-electron chi connectivity index (χ2n) is 2.81. The van der Waals surface area contributed by atoms with Gasteiger partial charge in [0.2, 0.25) is 0 Å². The molecule has 78 valence electrons. The zero-order chi connectivity index (χ0) is 10.9. The van der Waals surface area contributed by atoms with Gasteiger partial charge in [0.1, 0.15) is 5.82 Å². The Morgan fingerprint density at radius 1 is 1.57 bits per heavy atom. The molecular formula is C9H10BrFO3. The number of halogens is 2. The predicted molar refractivity (Wildman–Crippen MR) is 53.0 cm³/mol. The number of aromatic hydroxyl groups is 1. The van der Waals surface area contributed by atoms with Crippen molar-refractivity contribution in [2.45, 2.75) is 13.0 Å². The summed E-state index contributed by atoms with van der Waals surface area (Å²) in [5, 5.41) is 18.6. The molecule has 0 fully saturated rings. The van der Waals surface area contributed by atoms with Gasteiger partial charge in [-0.05, 0) is 22.9 Å². The number of aliphatic hydroxyl groups is 1. The molecule has 0 radical (unpaired) electrons.